The van der Waals surface area contributed by atoms with Gasteiger partial charge in [0.15, 0.2) is 0 Å². The van der Waals surface area contributed by atoms with Crippen LogP contribution in [0.3, 0.4) is 0 Å². The molecule has 0 aliphatic heterocycles. The van der Waals surface area contributed by atoms with Crippen LogP contribution in [-0.2, 0) is 17.9 Å². The lowest BCUT2D eigenvalue weighted by Gasteiger charge is -2.14. The second-order valence-corrected chi connectivity index (χ2v) is 6.19. The Bertz CT molecular complexity index is 919. The summed E-state index contributed by atoms with van der Waals surface area (Å²) in [6.07, 6.45) is 5.54. The number of aryl methyl sites for hydroxylation is 2. The molecule has 0 spiro atoms. The summed E-state index contributed by atoms with van der Waals surface area (Å²) in [5, 5.41) is 6.75. The Balaban J connectivity index is 1.74. The minimum Gasteiger partial charge on any atom is -0.338 e. The van der Waals surface area contributed by atoms with Gasteiger partial charge in [0.1, 0.15) is 0 Å². The molecule has 4 nitrogen and oxygen atoms in total. The predicted molar refractivity (Wildman–Crippen MR) is 102 cm³/mol. The largest absolute Gasteiger partial charge is 0.338 e. The zero-order chi connectivity index (χ0) is 17.8. The first kappa shape index (κ1) is 17.0. The van der Waals surface area contributed by atoms with Crippen LogP contribution in [0.2, 0.25) is 0 Å². The van der Waals surface area contributed by atoms with Crippen LogP contribution < -0.4 is 0 Å². The van der Waals surface area contributed by atoms with Crippen LogP contribution >= 0.6 is 0 Å². The predicted octanol–water partition coefficient (Wildman–Crippen LogP) is 4.04. The topological polar surface area (TPSA) is 38.1 Å². The van der Waals surface area contributed by atoms with Gasteiger partial charge in [-0.25, -0.2) is 0 Å². The first-order chi connectivity index (χ1) is 12.1. The molecular weight excluding hydrogens is 310 g/mol. The Labute approximate surface area is 148 Å². The maximum Gasteiger partial charge on any atom is 0.246 e. The number of benzene rings is 2. The van der Waals surface area contributed by atoms with Gasteiger partial charge in [-0.3, -0.25) is 9.48 Å². The first-order valence-electron chi connectivity index (χ1n) is 8.52. The van der Waals surface area contributed by atoms with Crippen molar-refractivity contribution in [2.24, 2.45) is 0 Å². The fraction of sp³-hybridized carbons (Fsp3) is 0.238. The monoisotopic (exact) mass is 333 g/mol. The van der Waals surface area contributed by atoms with Crippen LogP contribution in [0.5, 0.6) is 0 Å². The van der Waals surface area contributed by atoms with Crippen LogP contribution in [0.15, 0.2) is 54.7 Å². The van der Waals surface area contributed by atoms with Crippen molar-refractivity contribution in [1.29, 1.82) is 0 Å². The van der Waals surface area contributed by atoms with Crippen molar-refractivity contribution in [1.82, 2.24) is 14.7 Å². The number of fused-ring (bicyclic) bond motifs is 1. The van der Waals surface area contributed by atoms with Gasteiger partial charge in [0.2, 0.25) is 5.91 Å². The van der Waals surface area contributed by atoms with Crippen molar-refractivity contribution >= 4 is 22.8 Å². The highest BCUT2D eigenvalue weighted by Crippen LogP contribution is 2.19. The second kappa shape index (κ2) is 7.34. The molecule has 0 atom stereocenters. The molecule has 4 heteroatoms. The number of likely N-dealkylation sites (N-methyl/N-ethyl adjacent to an activating group) is 1. The molecule has 25 heavy (non-hydrogen) atoms. The average molecular weight is 333 g/mol. The van der Waals surface area contributed by atoms with Crippen LogP contribution in [0.1, 0.15) is 23.7 Å². The summed E-state index contributed by atoms with van der Waals surface area (Å²) < 4.78 is 1.90. The molecule has 128 valence electrons. The molecule has 0 fully saturated rings. The van der Waals surface area contributed by atoms with Gasteiger partial charge in [-0.2, -0.15) is 5.10 Å². The van der Waals surface area contributed by atoms with E-state index in [1.54, 1.807) is 11.0 Å². The van der Waals surface area contributed by atoms with Crippen LogP contribution in [0.4, 0.5) is 0 Å². The third kappa shape index (κ3) is 3.79. The highest BCUT2D eigenvalue weighted by Gasteiger charge is 2.10. The molecule has 0 radical (unpaired) electrons. The highest BCUT2D eigenvalue weighted by atomic mass is 16.2. The minimum atomic E-state index is -0.0171. The van der Waals surface area contributed by atoms with Crippen molar-refractivity contribution in [2.75, 3.05) is 7.05 Å². The van der Waals surface area contributed by atoms with E-state index in [0.717, 1.165) is 28.8 Å². The summed E-state index contributed by atoms with van der Waals surface area (Å²) in [6, 6.07) is 14.3. The van der Waals surface area contributed by atoms with Gasteiger partial charge in [-0.15, -0.1) is 0 Å². The van der Waals surface area contributed by atoms with E-state index < -0.39 is 0 Å². The third-order valence-electron chi connectivity index (χ3n) is 4.38. The van der Waals surface area contributed by atoms with Gasteiger partial charge < -0.3 is 4.90 Å². The molecule has 3 aromatic rings. The van der Waals surface area contributed by atoms with E-state index in [4.69, 9.17) is 0 Å². The van der Waals surface area contributed by atoms with E-state index in [9.17, 15) is 4.79 Å². The van der Waals surface area contributed by atoms with Gasteiger partial charge >= 0.3 is 0 Å². The summed E-state index contributed by atoms with van der Waals surface area (Å²) in [4.78, 5) is 14.2. The SMILES string of the molecule is CCn1cc(CN(C)C(=O)/C=C/c2cccc3ccccc23)c(C)n1. The maximum absolute atomic E-state index is 12.5. The molecule has 2 aromatic carbocycles. The lowest BCUT2D eigenvalue weighted by atomic mass is 10.0. The van der Waals surface area contributed by atoms with Crippen LogP contribution in [0.25, 0.3) is 16.8 Å². The van der Waals surface area contributed by atoms with Crippen molar-refractivity contribution in [3.8, 4) is 0 Å². The second-order valence-electron chi connectivity index (χ2n) is 6.19. The quantitative estimate of drug-likeness (QED) is 0.661. The van der Waals surface area contributed by atoms with Crippen molar-refractivity contribution in [3.05, 3.63) is 71.6 Å². The van der Waals surface area contributed by atoms with Gasteiger partial charge in [-0.1, -0.05) is 42.5 Å². The molecular formula is C21H23N3O. The molecule has 0 aliphatic carbocycles. The van der Waals surface area contributed by atoms with Gasteiger partial charge in [0.05, 0.1) is 5.69 Å². The van der Waals surface area contributed by atoms with E-state index in [1.807, 2.05) is 55.2 Å². The molecule has 1 aromatic heterocycles. The lowest BCUT2D eigenvalue weighted by molar-refractivity contribution is -0.125. The number of carbonyl (C=O) groups excluding carboxylic acids is 1. The lowest BCUT2D eigenvalue weighted by Crippen LogP contribution is -2.24. The van der Waals surface area contributed by atoms with Gasteiger partial charge in [-0.05, 0) is 36.3 Å². The molecule has 1 amide bonds. The Morgan fingerprint density at radius 2 is 1.96 bits per heavy atom. The van der Waals surface area contributed by atoms with E-state index >= 15 is 0 Å². The highest BCUT2D eigenvalue weighted by molar-refractivity contribution is 5.96. The van der Waals surface area contributed by atoms with Crippen molar-refractivity contribution in [2.45, 2.75) is 26.9 Å². The average Bonchev–Trinajstić information content (AvgIpc) is 2.99. The molecule has 1 heterocycles. The van der Waals surface area contributed by atoms with E-state index in [2.05, 4.69) is 30.2 Å². The summed E-state index contributed by atoms with van der Waals surface area (Å²) in [7, 11) is 1.82. The molecule has 3 rings (SSSR count). The summed E-state index contributed by atoms with van der Waals surface area (Å²) in [5.41, 5.74) is 3.10. The summed E-state index contributed by atoms with van der Waals surface area (Å²) in [6.45, 7) is 5.42. The molecule has 0 aliphatic rings. The number of rotatable bonds is 5. The maximum atomic E-state index is 12.5. The van der Waals surface area contributed by atoms with Crippen molar-refractivity contribution in [3.63, 3.8) is 0 Å². The van der Waals surface area contributed by atoms with E-state index in [-0.39, 0.29) is 5.91 Å². The fourth-order valence-corrected chi connectivity index (χ4v) is 2.89. The molecule has 0 bridgehead atoms. The molecule has 0 N–H and O–H groups in total. The van der Waals surface area contributed by atoms with E-state index in [0.29, 0.717) is 6.54 Å². The number of carbonyl (C=O) groups is 1. The minimum absolute atomic E-state index is 0.0171. The Morgan fingerprint density at radius 1 is 1.20 bits per heavy atom. The standard InChI is InChI=1S/C21H23N3O/c1-4-24-15-19(16(2)22-24)14-23(3)21(25)13-12-18-10-7-9-17-8-5-6-11-20(17)18/h5-13,15H,4,14H2,1-3H3/b13-12+. The van der Waals surface area contributed by atoms with E-state index in [1.165, 1.54) is 5.39 Å². The number of hydrogen-bond acceptors (Lipinski definition) is 2. The smallest absolute Gasteiger partial charge is 0.246 e. The molecule has 0 saturated carbocycles. The Hall–Kier alpha value is -2.88. The number of amides is 1. The van der Waals surface area contributed by atoms with Crippen molar-refractivity contribution < 1.29 is 4.79 Å². The van der Waals surface area contributed by atoms with Gasteiger partial charge in [0, 0.05) is 38.0 Å². The Kier molecular flexibility index (Phi) is 4.98. The molecule has 0 saturated heterocycles. The fourth-order valence-electron chi connectivity index (χ4n) is 2.89. The molecule has 0 unspecified atom stereocenters. The number of nitrogens with zero attached hydrogens (tertiary/aromatic N) is 3. The number of hydrogen-bond donors (Lipinski definition) is 0. The van der Waals surface area contributed by atoms with Crippen LogP contribution in [0, 0.1) is 6.92 Å². The zero-order valence-electron chi connectivity index (χ0n) is 14.9. The normalized spacial score (nSPS) is 11.3. The number of aromatic nitrogens is 2. The van der Waals surface area contributed by atoms with Gasteiger partial charge in [0.25, 0.3) is 0 Å². The first-order valence-corrected chi connectivity index (χ1v) is 8.52. The summed E-state index contributed by atoms with van der Waals surface area (Å²) >= 11 is 0. The van der Waals surface area contributed by atoms with Crippen LogP contribution in [-0.4, -0.2) is 27.6 Å². The zero-order valence-corrected chi connectivity index (χ0v) is 14.9. The Morgan fingerprint density at radius 3 is 2.72 bits per heavy atom. The summed E-state index contributed by atoms with van der Waals surface area (Å²) in [5.74, 6) is -0.0171. The third-order valence-corrected chi connectivity index (χ3v) is 4.38.